The molecule has 2 rings (SSSR count). The second-order valence-corrected chi connectivity index (χ2v) is 7.12. The molecule has 0 fully saturated rings. The molecule has 0 radical (unpaired) electrons. The summed E-state index contributed by atoms with van der Waals surface area (Å²) < 4.78 is 0.836. The number of benzene rings is 2. The lowest BCUT2D eigenvalue weighted by Gasteiger charge is -2.17. The van der Waals surface area contributed by atoms with Crippen LogP contribution in [0.15, 0.2) is 46.9 Å². The average Bonchev–Trinajstić information content (AvgIpc) is 2.57. The summed E-state index contributed by atoms with van der Waals surface area (Å²) in [6, 6.07) is 13.5. The van der Waals surface area contributed by atoms with Crippen LogP contribution in [0.5, 0.6) is 0 Å². The fourth-order valence-electron chi connectivity index (χ4n) is 2.60. The molecule has 2 amide bonds. The maximum atomic E-state index is 12.2. The van der Waals surface area contributed by atoms with E-state index in [1.54, 1.807) is 11.9 Å². The Hall–Kier alpha value is -2.18. The lowest BCUT2D eigenvalue weighted by molar-refractivity contribution is -0.119. The first-order valence-electron chi connectivity index (χ1n) is 8.51. The summed E-state index contributed by atoms with van der Waals surface area (Å²) in [5, 5.41) is 5.76. The van der Waals surface area contributed by atoms with Crippen LogP contribution in [-0.4, -0.2) is 36.9 Å². The zero-order valence-corrected chi connectivity index (χ0v) is 16.9. The van der Waals surface area contributed by atoms with E-state index in [1.165, 1.54) is 0 Å². The number of likely N-dealkylation sites (N-methyl/N-ethyl adjacent to an activating group) is 1. The second kappa shape index (κ2) is 9.50. The molecule has 0 bridgehead atoms. The van der Waals surface area contributed by atoms with Gasteiger partial charge in [-0.2, -0.15) is 0 Å². The van der Waals surface area contributed by atoms with E-state index in [-0.39, 0.29) is 24.9 Å². The summed E-state index contributed by atoms with van der Waals surface area (Å²) in [6.45, 7) is 4.30. The highest BCUT2D eigenvalue weighted by Crippen LogP contribution is 2.23. The first kappa shape index (κ1) is 20.1. The Morgan fingerprint density at radius 1 is 1.00 bits per heavy atom. The van der Waals surface area contributed by atoms with Gasteiger partial charge in [0.1, 0.15) is 0 Å². The van der Waals surface area contributed by atoms with Crippen LogP contribution in [0, 0.1) is 6.92 Å². The minimum Gasteiger partial charge on any atom is -0.325 e. The molecule has 6 heteroatoms. The lowest BCUT2D eigenvalue weighted by atomic mass is 10.1. The lowest BCUT2D eigenvalue weighted by Crippen LogP contribution is -2.36. The van der Waals surface area contributed by atoms with Crippen molar-refractivity contribution in [2.24, 2.45) is 0 Å². The zero-order valence-electron chi connectivity index (χ0n) is 15.3. The summed E-state index contributed by atoms with van der Waals surface area (Å²) in [5.74, 6) is -0.309. The molecule has 26 heavy (non-hydrogen) atoms. The highest BCUT2D eigenvalue weighted by molar-refractivity contribution is 9.10. The average molecular weight is 418 g/mol. The number of para-hydroxylation sites is 1. The first-order valence-corrected chi connectivity index (χ1v) is 9.30. The predicted molar refractivity (Wildman–Crippen MR) is 109 cm³/mol. The highest BCUT2D eigenvalue weighted by Gasteiger charge is 2.13. The standard InChI is InChI=1S/C20H24BrN3O2/c1-4-15-7-5-6-8-17(15)22-19(25)12-24(3)13-20(26)23-18-10-9-14(2)11-16(18)21/h5-11H,4,12-13H2,1-3H3,(H,22,25)(H,23,26). The Kier molecular flexibility index (Phi) is 7.36. The Labute approximate surface area is 162 Å². The van der Waals surface area contributed by atoms with Gasteiger partial charge in [-0.1, -0.05) is 31.2 Å². The molecule has 0 atom stereocenters. The van der Waals surface area contributed by atoms with Crippen LogP contribution in [0.4, 0.5) is 11.4 Å². The van der Waals surface area contributed by atoms with Crippen molar-refractivity contribution in [2.75, 3.05) is 30.8 Å². The van der Waals surface area contributed by atoms with Crippen molar-refractivity contribution in [1.82, 2.24) is 4.90 Å². The van der Waals surface area contributed by atoms with E-state index in [0.717, 1.165) is 33.4 Å². The maximum Gasteiger partial charge on any atom is 0.238 e. The topological polar surface area (TPSA) is 61.4 Å². The van der Waals surface area contributed by atoms with Gasteiger partial charge < -0.3 is 10.6 Å². The Balaban J connectivity index is 1.86. The van der Waals surface area contributed by atoms with Gasteiger partial charge in [0.2, 0.25) is 11.8 Å². The molecule has 0 saturated carbocycles. The Bertz CT molecular complexity index is 792. The SMILES string of the molecule is CCc1ccccc1NC(=O)CN(C)CC(=O)Nc1ccc(C)cc1Br. The summed E-state index contributed by atoms with van der Waals surface area (Å²) in [5.41, 5.74) is 3.73. The third-order valence-corrected chi connectivity index (χ3v) is 4.55. The quantitative estimate of drug-likeness (QED) is 0.719. The zero-order chi connectivity index (χ0) is 19.1. The molecule has 138 valence electrons. The number of nitrogens with zero attached hydrogens (tertiary/aromatic N) is 1. The van der Waals surface area contributed by atoms with E-state index >= 15 is 0 Å². The molecule has 2 aromatic carbocycles. The van der Waals surface area contributed by atoms with Gasteiger partial charge in [-0.15, -0.1) is 0 Å². The van der Waals surface area contributed by atoms with Gasteiger partial charge in [-0.3, -0.25) is 14.5 Å². The smallest absolute Gasteiger partial charge is 0.238 e. The largest absolute Gasteiger partial charge is 0.325 e. The fourth-order valence-corrected chi connectivity index (χ4v) is 3.19. The normalized spacial score (nSPS) is 10.7. The van der Waals surface area contributed by atoms with Crippen LogP contribution in [-0.2, 0) is 16.0 Å². The molecule has 2 N–H and O–H groups in total. The molecule has 0 heterocycles. The summed E-state index contributed by atoms with van der Waals surface area (Å²) in [6.07, 6.45) is 0.847. The number of hydrogen-bond acceptors (Lipinski definition) is 3. The van der Waals surface area contributed by atoms with Crippen molar-refractivity contribution >= 4 is 39.1 Å². The van der Waals surface area contributed by atoms with Crippen LogP contribution in [0.3, 0.4) is 0 Å². The Morgan fingerprint density at radius 2 is 1.62 bits per heavy atom. The number of amides is 2. The number of rotatable bonds is 7. The number of anilines is 2. The number of carbonyl (C=O) groups is 2. The van der Waals surface area contributed by atoms with Gasteiger partial charge in [-0.25, -0.2) is 0 Å². The number of halogens is 1. The molecule has 0 aliphatic carbocycles. The van der Waals surface area contributed by atoms with Gasteiger partial charge in [-0.05, 0) is 65.6 Å². The number of nitrogens with one attached hydrogen (secondary N) is 2. The molecule has 0 aromatic heterocycles. The van der Waals surface area contributed by atoms with E-state index < -0.39 is 0 Å². The van der Waals surface area contributed by atoms with Crippen LogP contribution in [0.1, 0.15) is 18.1 Å². The van der Waals surface area contributed by atoms with E-state index in [2.05, 4.69) is 26.6 Å². The second-order valence-electron chi connectivity index (χ2n) is 6.26. The fraction of sp³-hybridized carbons (Fsp3) is 0.300. The van der Waals surface area contributed by atoms with E-state index in [4.69, 9.17) is 0 Å². The molecular weight excluding hydrogens is 394 g/mol. The van der Waals surface area contributed by atoms with Gasteiger partial charge >= 0.3 is 0 Å². The minimum absolute atomic E-state index is 0.128. The van der Waals surface area contributed by atoms with Crippen molar-refractivity contribution in [3.05, 3.63) is 58.1 Å². The maximum absolute atomic E-state index is 12.2. The van der Waals surface area contributed by atoms with Crippen LogP contribution >= 0.6 is 15.9 Å². The minimum atomic E-state index is -0.168. The third kappa shape index (κ3) is 5.97. The summed E-state index contributed by atoms with van der Waals surface area (Å²) in [7, 11) is 1.75. The van der Waals surface area contributed by atoms with Gasteiger partial charge in [0, 0.05) is 10.2 Å². The van der Waals surface area contributed by atoms with Crippen molar-refractivity contribution in [2.45, 2.75) is 20.3 Å². The predicted octanol–water partition coefficient (Wildman–Crippen LogP) is 3.83. The number of aryl methyl sites for hydroxylation is 2. The molecule has 0 spiro atoms. The molecule has 2 aromatic rings. The molecule has 0 unspecified atom stereocenters. The number of hydrogen-bond donors (Lipinski definition) is 2. The van der Waals surface area contributed by atoms with E-state index in [0.29, 0.717) is 0 Å². The van der Waals surface area contributed by atoms with Crippen LogP contribution in [0.2, 0.25) is 0 Å². The molecule has 0 saturated heterocycles. The van der Waals surface area contributed by atoms with Crippen LogP contribution < -0.4 is 10.6 Å². The third-order valence-electron chi connectivity index (χ3n) is 3.90. The highest BCUT2D eigenvalue weighted by atomic mass is 79.9. The van der Waals surface area contributed by atoms with Crippen molar-refractivity contribution in [3.8, 4) is 0 Å². The monoisotopic (exact) mass is 417 g/mol. The summed E-state index contributed by atoms with van der Waals surface area (Å²) >= 11 is 3.44. The molecular formula is C20H24BrN3O2. The van der Waals surface area contributed by atoms with Gasteiger partial charge in [0.25, 0.3) is 0 Å². The molecule has 0 aliphatic rings. The van der Waals surface area contributed by atoms with Gasteiger partial charge in [0.15, 0.2) is 0 Å². The van der Waals surface area contributed by atoms with Crippen molar-refractivity contribution in [1.29, 1.82) is 0 Å². The van der Waals surface area contributed by atoms with Crippen molar-refractivity contribution in [3.63, 3.8) is 0 Å². The van der Waals surface area contributed by atoms with Crippen LogP contribution in [0.25, 0.3) is 0 Å². The van der Waals surface area contributed by atoms with E-state index in [9.17, 15) is 9.59 Å². The Morgan fingerprint density at radius 3 is 2.23 bits per heavy atom. The van der Waals surface area contributed by atoms with Crippen molar-refractivity contribution < 1.29 is 9.59 Å². The van der Waals surface area contributed by atoms with E-state index in [1.807, 2.05) is 56.3 Å². The number of carbonyl (C=O) groups excluding carboxylic acids is 2. The molecule has 0 aliphatic heterocycles. The van der Waals surface area contributed by atoms with Gasteiger partial charge in [0.05, 0.1) is 18.8 Å². The summed E-state index contributed by atoms with van der Waals surface area (Å²) in [4.78, 5) is 26.1. The molecule has 5 nitrogen and oxygen atoms in total. The first-order chi connectivity index (χ1) is 12.4.